The minimum atomic E-state index is -0.285. The molecule has 0 saturated carbocycles. The molecule has 0 unspecified atom stereocenters. The van der Waals surface area contributed by atoms with E-state index >= 15 is 0 Å². The average molecular weight is 414 g/mol. The lowest BCUT2D eigenvalue weighted by molar-refractivity contribution is -0.132. The molecule has 9 nitrogen and oxygen atoms in total. The number of imidazole rings is 1. The average Bonchev–Trinajstić information content (AvgIpc) is 3.36. The van der Waals surface area contributed by atoms with E-state index in [-0.39, 0.29) is 23.5 Å². The van der Waals surface area contributed by atoms with Crippen LogP contribution in [0, 0.1) is 5.92 Å². The van der Waals surface area contributed by atoms with Gasteiger partial charge in [0.2, 0.25) is 17.7 Å². The van der Waals surface area contributed by atoms with Crippen molar-refractivity contribution in [3.8, 4) is 0 Å². The Kier molecular flexibility index (Phi) is 5.79. The van der Waals surface area contributed by atoms with Crippen LogP contribution < -0.4 is 5.73 Å². The maximum atomic E-state index is 12.3. The maximum Gasteiger partial charge on any atom is 0.277 e. The van der Waals surface area contributed by atoms with Crippen LogP contribution in [0.2, 0.25) is 0 Å². The Hall–Kier alpha value is -2.88. The predicted octanol–water partition coefficient (Wildman–Crippen LogP) is 1.55. The zero-order chi connectivity index (χ0) is 20.2. The predicted molar refractivity (Wildman–Crippen MR) is 107 cm³/mol. The number of benzene rings is 1. The number of aromatic amines is 1. The number of aryl methyl sites for hydroxylation is 2. The van der Waals surface area contributed by atoms with Crippen molar-refractivity contribution in [2.45, 2.75) is 30.9 Å². The molecule has 0 spiro atoms. The van der Waals surface area contributed by atoms with Gasteiger partial charge in [0.05, 0.1) is 16.8 Å². The van der Waals surface area contributed by atoms with E-state index in [1.54, 1.807) is 4.90 Å². The summed E-state index contributed by atoms with van der Waals surface area (Å²) in [6.07, 6.45) is 2.48. The third-order valence-corrected chi connectivity index (χ3v) is 5.83. The number of aromatic nitrogens is 4. The number of H-pyrrole nitrogens is 1. The van der Waals surface area contributed by atoms with E-state index < -0.39 is 0 Å². The highest BCUT2D eigenvalue weighted by Crippen LogP contribution is 2.21. The molecule has 3 heterocycles. The van der Waals surface area contributed by atoms with E-state index in [0.29, 0.717) is 49.9 Å². The monoisotopic (exact) mass is 414 g/mol. The highest BCUT2D eigenvalue weighted by molar-refractivity contribution is 7.99. The lowest BCUT2D eigenvalue weighted by atomic mass is 9.96. The zero-order valence-electron chi connectivity index (χ0n) is 15.8. The van der Waals surface area contributed by atoms with E-state index in [4.69, 9.17) is 10.2 Å². The Morgan fingerprint density at radius 2 is 2.00 bits per heavy atom. The molecule has 4 rings (SSSR count). The van der Waals surface area contributed by atoms with Gasteiger partial charge in [-0.1, -0.05) is 23.9 Å². The second-order valence-corrected chi connectivity index (χ2v) is 7.94. The summed E-state index contributed by atoms with van der Waals surface area (Å²) in [5, 5.41) is 8.44. The normalized spacial score (nSPS) is 15.1. The van der Waals surface area contributed by atoms with Crippen molar-refractivity contribution in [1.82, 2.24) is 25.1 Å². The zero-order valence-corrected chi connectivity index (χ0v) is 16.7. The second kappa shape index (κ2) is 8.64. The molecule has 1 aliphatic heterocycles. The molecule has 1 aromatic carbocycles. The number of hydrogen-bond donors (Lipinski definition) is 2. The van der Waals surface area contributed by atoms with Gasteiger partial charge in [0, 0.05) is 31.8 Å². The minimum Gasteiger partial charge on any atom is -0.416 e. The van der Waals surface area contributed by atoms with Crippen LogP contribution in [-0.2, 0) is 22.4 Å². The number of thioether (sulfide) groups is 1. The first-order chi connectivity index (χ1) is 14.1. The summed E-state index contributed by atoms with van der Waals surface area (Å²) in [6, 6.07) is 7.87. The first-order valence-corrected chi connectivity index (χ1v) is 10.5. The van der Waals surface area contributed by atoms with Gasteiger partial charge in [-0.25, -0.2) is 4.98 Å². The number of piperidine rings is 1. The standard InChI is InChI=1S/C19H22N6O3S/c20-18(27)12-7-9-25(10-8-12)17(26)11-29-19-24-23-16(28-19)6-5-15-21-13-3-1-2-4-14(13)22-15/h1-4,12H,5-11H2,(H2,20,27)(H,21,22). The number of nitrogens with one attached hydrogen (secondary N) is 1. The molecule has 1 saturated heterocycles. The Morgan fingerprint density at radius 3 is 2.76 bits per heavy atom. The van der Waals surface area contributed by atoms with E-state index in [0.717, 1.165) is 16.9 Å². The lowest BCUT2D eigenvalue weighted by Gasteiger charge is -2.30. The summed E-state index contributed by atoms with van der Waals surface area (Å²) in [4.78, 5) is 33.1. The molecular weight excluding hydrogens is 392 g/mol. The number of fused-ring (bicyclic) bond motifs is 1. The molecule has 1 aliphatic rings. The number of rotatable bonds is 7. The van der Waals surface area contributed by atoms with Crippen LogP contribution >= 0.6 is 11.8 Å². The van der Waals surface area contributed by atoms with Crippen molar-refractivity contribution in [3.63, 3.8) is 0 Å². The van der Waals surface area contributed by atoms with Gasteiger partial charge in [-0.05, 0) is 25.0 Å². The van der Waals surface area contributed by atoms with Crippen LogP contribution in [0.25, 0.3) is 11.0 Å². The van der Waals surface area contributed by atoms with Crippen molar-refractivity contribution in [2.75, 3.05) is 18.8 Å². The fourth-order valence-corrected chi connectivity index (χ4v) is 4.06. The van der Waals surface area contributed by atoms with Gasteiger partial charge in [-0.3, -0.25) is 9.59 Å². The summed E-state index contributed by atoms with van der Waals surface area (Å²) in [6.45, 7) is 1.11. The molecule has 3 N–H and O–H groups in total. The Balaban J connectivity index is 1.24. The molecule has 3 aromatic rings. The number of nitrogens with zero attached hydrogens (tertiary/aromatic N) is 4. The fraction of sp³-hybridized carbons (Fsp3) is 0.421. The molecule has 0 aliphatic carbocycles. The van der Waals surface area contributed by atoms with Gasteiger partial charge in [0.25, 0.3) is 5.22 Å². The minimum absolute atomic E-state index is 0.0000500. The lowest BCUT2D eigenvalue weighted by Crippen LogP contribution is -2.42. The Labute approximate surface area is 171 Å². The smallest absolute Gasteiger partial charge is 0.277 e. The first-order valence-electron chi connectivity index (χ1n) is 9.54. The number of amides is 2. The first kappa shape index (κ1) is 19.4. The number of carbonyl (C=O) groups is 2. The molecular formula is C19H22N6O3S. The Morgan fingerprint density at radius 1 is 1.21 bits per heavy atom. The van der Waals surface area contributed by atoms with Crippen molar-refractivity contribution in [1.29, 1.82) is 0 Å². The highest BCUT2D eigenvalue weighted by Gasteiger charge is 2.26. The summed E-state index contributed by atoms with van der Waals surface area (Å²) in [7, 11) is 0. The molecule has 0 bridgehead atoms. The maximum absolute atomic E-state index is 12.3. The van der Waals surface area contributed by atoms with Crippen molar-refractivity contribution >= 4 is 34.6 Å². The summed E-state index contributed by atoms with van der Waals surface area (Å²) in [5.41, 5.74) is 7.26. The van der Waals surface area contributed by atoms with E-state index in [2.05, 4.69) is 20.2 Å². The molecule has 10 heteroatoms. The van der Waals surface area contributed by atoms with Gasteiger partial charge in [0.1, 0.15) is 5.82 Å². The quantitative estimate of drug-likeness (QED) is 0.561. The van der Waals surface area contributed by atoms with Gasteiger partial charge >= 0.3 is 0 Å². The molecule has 2 aromatic heterocycles. The molecule has 29 heavy (non-hydrogen) atoms. The van der Waals surface area contributed by atoms with Crippen LogP contribution in [0.3, 0.4) is 0 Å². The van der Waals surface area contributed by atoms with Gasteiger partial charge in [-0.15, -0.1) is 10.2 Å². The molecule has 152 valence electrons. The Bertz CT molecular complexity index is 975. The number of para-hydroxylation sites is 2. The molecule has 2 amide bonds. The molecule has 0 radical (unpaired) electrons. The number of carbonyl (C=O) groups excluding carboxylic acids is 2. The SMILES string of the molecule is NC(=O)C1CCN(C(=O)CSc2nnc(CCc3nc4ccccc4[nH]3)o2)CC1. The van der Waals surface area contributed by atoms with Crippen molar-refractivity contribution in [3.05, 3.63) is 36.0 Å². The van der Waals surface area contributed by atoms with E-state index in [1.165, 1.54) is 11.8 Å². The highest BCUT2D eigenvalue weighted by atomic mass is 32.2. The summed E-state index contributed by atoms with van der Waals surface area (Å²) < 4.78 is 5.63. The van der Waals surface area contributed by atoms with Gasteiger partial charge in [0.15, 0.2) is 0 Å². The van der Waals surface area contributed by atoms with Crippen molar-refractivity contribution < 1.29 is 14.0 Å². The van der Waals surface area contributed by atoms with Crippen LogP contribution in [0.5, 0.6) is 0 Å². The molecule has 1 fully saturated rings. The third-order valence-electron chi connectivity index (χ3n) is 5.03. The second-order valence-electron chi connectivity index (χ2n) is 7.01. The fourth-order valence-electron chi connectivity index (χ4n) is 3.38. The number of primary amides is 1. The third kappa shape index (κ3) is 4.76. The van der Waals surface area contributed by atoms with Crippen LogP contribution in [0.1, 0.15) is 24.6 Å². The topological polar surface area (TPSA) is 131 Å². The van der Waals surface area contributed by atoms with Crippen LogP contribution in [-0.4, -0.2) is 55.7 Å². The van der Waals surface area contributed by atoms with Gasteiger partial charge in [-0.2, -0.15) is 0 Å². The number of hydrogen-bond acceptors (Lipinski definition) is 7. The largest absolute Gasteiger partial charge is 0.416 e. The number of nitrogens with two attached hydrogens (primary N) is 1. The van der Waals surface area contributed by atoms with Crippen LogP contribution in [0.4, 0.5) is 0 Å². The van der Waals surface area contributed by atoms with E-state index in [1.807, 2.05) is 24.3 Å². The van der Waals surface area contributed by atoms with Gasteiger partial charge < -0.3 is 20.0 Å². The summed E-state index contributed by atoms with van der Waals surface area (Å²) >= 11 is 1.23. The molecule has 0 atom stereocenters. The van der Waals surface area contributed by atoms with Crippen molar-refractivity contribution in [2.24, 2.45) is 11.7 Å². The number of likely N-dealkylation sites (tertiary alicyclic amines) is 1. The van der Waals surface area contributed by atoms with E-state index in [9.17, 15) is 9.59 Å². The van der Waals surface area contributed by atoms with Crippen LogP contribution in [0.15, 0.2) is 33.9 Å². The summed E-state index contributed by atoms with van der Waals surface area (Å²) in [5.74, 6) is 1.20.